The van der Waals surface area contributed by atoms with Crippen LogP contribution in [0.1, 0.15) is 26.3 Å². The average Bonchev–Trinajstić information content (AvgIpc) is 3.17. The maximum atomic E-state index is 13.0. The molecule has 0 amide bonds. The number of hydrogen-bond donors (Lipinski definition) is 1. The standard InChI is InChI=1S/C23H24N4O3S/c1-23(2,3)17-7-9-18(10-8-17)31(28,29)26-19-14-16(6-11-21(19)30-4)20-15-27-13-5-12-24-22(27)25-20/h5-15,26H,1-4H3. The molecule has 31 heavy (non-hydrogen) atoms. The van der Waals surface area contributed by atoms with Crippen molar-refractivity contribution >= 4 is 21.5 Å². The van der Waals surface area contributed by atoms with Crippen LogP contribution < -0.4 is 9.46 Å². The van der Waals surface area contributed by atoms with Crippen LogP contribution in [0.4, 0.5) is 5.69 Å². The van der Waals surface area contributed by atoms with Gasteiger partial charge in [-0.2, -0.15) is 0 Å². The summed E-state index contributed by atoms with van der Waals surface area (Å²) in [7, 11) is -2.30. The number of fused-ring (bicyclic) bond motifs is 1. The molecule has 0 saturated heterocycles. The van der Waals surface area contributed by atoms with Crippen molar-refractivity contribution in [2.24, 2.45) is 0 Å². The van der Waals surface area contributed by atoms with Crippen LogP contribution in [-0.2, 0) is 15.4 Å². The van der Waals surface area contributed by atoms with Gasteiger partial charge in [-0.3, -0.25) is 9.12 Å². The van der Waals surface area contributed by atoms with E-state index in [9.17, 15) is 8.42 Å². The van der Waals surface area contributed by atoms with Crippen LogP contribution >= 0.6 is 0 Å². The summed E-state index contributed by atoms with van der Waals surface area (Å²) in [5, 5.41) is 0. The average molecular weight is 437 g/mol. The van der Waals surface area contributed by atoms with E-state index in [1.807, 2.05) is 36.7 Å². The molecule has 2 heterocycles. The molecule has 0 atom stereocenters. The molecule has 4 aromatic rings. The summed E-state index contributed by atoms with van der Waals surface area (Å²) in [6.07, 6.45) is 5.37. The van der Waals surface area contributed by atoms with Crippen molar-refractivity contribution in [3.05, 3.63) is 72.7 Å². The van der Waals surface area contributed by atoms with Crippen LogP contribution in [0, 0.1) is 0 Å². The Hall–Kier alpha value is -3.39. The number of sulfonamides is 1. The van der Waals surface area contributed by atoms with Crippen LogP contribution in [0.25, 0.3) is 17.0 Å². The van der Waals surface area contributed by atoms with Crippen LogP contribution in [0.5, 0.6) is 5.75 Å². The molecular formula is C23H24N4O3S. The van der Waals surface area contributed by atoms with E-state index in [-0.39, 0.29) is 10.3 Å². The first-order valence-corrected chi connectivity index (χ1v) is 11.3. The zero-order valence-corrected chi connectivity index (χ0v) is 18.6. The predicted molar refractivity (Wildman–Crippen MR) is 121 cm³/mol. The normalized spacial score (nSPS) is 12.1. The summed E-state index contributed by atoms with van der Waals surface area (Å²) >= 11 is 0. The first-order chi connectivity index (χ1) is 14.7. The molecule has 8 heteroatoms. The summed E-state index contributed by atoms with van der Waals surface area (Å²) in [6.45, 7) is 6.25. The van der Waals surface area contributed by atoms with Crippen molar-refractivity contribution in [3.63, 3.8) is 0 Å². The molecule has 0 aliphatic rings. The lowest BCUT2D eigenvalue weighted by molar-refractivity contribution is 0.417. The fourth-order valence-electron chi connectivity index (χ4n) is 3.25. The van der Waals surface area contributed by atoms with E-state index < -0.39 is 10.0 Å². The number of hydrogen-bond acceptors (Lipinski definition) is 5. The smallest absolute Gasteiger partial charge is 0.262 e. The van der Waals surface area contributed by atoms with E-state index in [0.717, 1.165) is 11.1 Å². The van der Waals surface area contributed by atoms with Crippen molar-refractivity contribution in [3.8, 4) is 17.0 Å². The highest BCUT2D eigenvalue weighted by molar-refractivity contribution is 7.92. The zero-order chi connectivity index (χ0) is 22.2. The fourth-order valence-corrected chi connectivity index (χ4v) is 4.32. The molecule has 0 saturated carbocycles. The van der Waals surface area contributed by atoms with E-state index in [4.69, 9.17) is 4.74 Å². The van der Waals surface area contributed by atoms with Crippen molar-refractivity contribution in [1.82, 2.24) is 14.4 Å². The van der Waals surface area contributed by atoms with Crippen LogP contribution in [0.3, 0.4) is 0 Å². The summed E-state index contributed by atoms with van der Waals surface area (Å²) in [6, 6.07) is 14.0. The Morgan fingerprint density at radius 1 is 1.06 bits per heavy atom. The molecule has 160 valence electrons. The van der Waals surface area contributed by atoms with Gasteiger partial charge in [-0.25, -0.2) is 18.4 Å². The van der Waals surface area contributed by atoms with E-state index in [0.29, 0.717) is 22.9 Å². The van der Waals surface area contributed by atoms with Crippen molar-refractivity contribution in [2.45, 2.75) is 31.1 Å². The Balaban J connectivity index is 1.69. The van der Waals surface area contributed by atoms with Gasteiger partial charge in [0, 0.05) is 24.2 Å². The minimum Gasteiger partial charge on any atom is -0.495 e. The molecule has 0 fully saturated rings. The van der Waals surface area contributed by atoms with Crippen LogP contribution in [0.2, 0.25) is 0 Å². The number of methoxy groups -OCH3 is 1. The highest BCUT2D eigenvalue weighted by Crippen LogP contribution is 2.32. The first-order valence-electron chi connectivity index (χ1n) is 9.79. The van der Waals surface area contributed by atoms with Crippen molar-refractivity contribution < 1.29 is 13.2 Å². The second-order valence-corrected chi connectivity index (χ2v) is 9.93. The largest absolute Gasteiger partial charge is 0.495 e. The monoisotopic (exact) mass is 436 g/mol. The molecule has 0 aliphatic carbocycles. The van der Waals surface area contributed by atoms with Crippen molar-refractivity contribution in [2.75, 3.05) is 11.8 Å². The Bertz CT molecular complexity index is 1300. The van der Waals surface area contributed by atoms with Gasteiger partial charge in [-0.05, 0) is 47.4 Å². The number of rotatable bonds is 5. The Labute approximate surface area is 181 Å². The van der Waals surface area contributed by atoms with Crippen LogP contribution in [0.15, 0.2) is 72.0 Å². The van der Waals surface area contributed by atoms with Gasteiger partial charge in [0.05, 0.1) is 23.4 Å². The summed E-state index contributed by atoms with van der Waals surface area (Å²) in [5.74, 6) is 0.981. The number of ether oxygens (including phenoxy) is 1. The fraction of sp³-hybridized carbons (Fsp3) is 0.217. The second kappa shape index (κ2) is 7.70. The number of benzene rings is 2. The van der Waals surface area contributed by atoms with Gasteiger partial charge < -0.3 is 4.74 Å². The summed E-state index contributed by atoms with van der Waals surface area (Å²) in [5.41, 5.74) is 2.76. The third-order valence-corrected chi connectivity index (χ3v) is 6.39. The number of imidazole rings is 1. The maximum Gasteiger partial charge on any atom is 0.262 e. The van der Waals surface area contributed by atoms with Gasteiger partial charge in [0.15, 0.2) is 0 Å². The molecule has 1 N–H and O–H groups in total. The SMILES string of the molecule is COc1ccc(-c2cn3cccnc3n2)cc1NS(=O)(=O)c1ccc(C(C)(C)C)cc1. The van der Waals surface area contributed by atoms with Gasteiger partial charge in [-0.15, -0.1) is 0 Å². The van der Waals surface area contributed by atoms with E-state index in [1.165, 1.54) is 7.11 Å². The van der Waals surface area contributed by atoms with Gasteiger partial charge in [0.2, 0.25) is 5.78 Å². The van der Waals surface area contributed by atoms with E-state index in [2.05, 4.69) is 35.5 Å². The summed E-state index contributed by atoms with van der Waals surface area (Å²) in [4.78, 5) is 8.91. The molecule has 0 radical (unpaired) electrons. The maximum absolute atomic E-state index is 13.0. The lowest BCUT2D eigenvalue weighted by Gasteiger charge is -2.19. The summed E-state index contributed by atoms with van der Waals surface area (Å²) < 4.78 is 35.9. The molecular weight excluding hydrogens is 412 g/mol. The molecule has 0 spiro atoms. The van der Waals surface area contributed by atoms with E-state index in [1.54, 1.807) is 34.9 Å². The Morgan fingerprint density at radius 2 is 1.81 bits per heavy atom. The topological polar surface area (TPSA) is 85.6 Å². The molecule has 0 unspecified atom stereocenters. The second-order valence-electron chi connectivity index (χ2n) is 8.25. The van der Waals surface area contributed by atoms with Gasteiger partial charge in [0.1, 0.15) is 5.75 Å². The molecule has 0 aliphatic heterocycles. The Kier molecular flexibility index (Phi) is 5.18. The Morgan fingerprint density at radius 3 is 2.45 bits per heavy atom. The minimum absolute atomic E-state index is 0.0593. The third kappa shape index (κ3) is 4.25. The minimum atomic E-state index is -3.80. The molecule has 0 bridgehead atoms. The van der Waals surface area contributed by atoms with Crippen molar-refractivity contribution in [1.29, 1.82) is 0 Å². The highest BCUT2D eigenvalue weighted by Gasteiger charge is 2.20. The van der Waals surface area contributed by atoms with E-state index >= 15 is 0 Å². The first kappa shape index (κ1) is 20.9. The highest BCUT2D eigenvalue weighted by atomic mass is 32.2. The molecule has 2 aromatic carbocycles. The third-order valence-electron chi connectivity index (χ3n) is 5.01. The van der Waals surface area contributed by atoms with Crippen LogP contribution in [-0.4, -0.2) is 29.9 Å². The van der Waals surface area contributed by atoms with Gasteiger partial charge >= 0.3 is 0 Å². The quantitative estimate of drug-likeness (QED) is 0.498. The number of nitrogens with one attached hydrogen (secondary N) is 1. The number of anilines is 1. The number of aromatic nitrogens is 3. The molecule has 4 rings (SSSR count). The predicted octanol–water partition coefficient (Wildman–Crippen LogP) is 4.50. The lowest BCUT2D eigenvalue weighted by atomic mass is 9.87. The van der Waals surface area contributed by atoms with Gasteiger partial charge in [0.25, 0.3) is 10.0 Å². The molecule has 7 nitrogen and oxygen atoms in total. The number of nitrogens with zero attached hydrogens (tertiary/aromatic N) is 3. The lowest BCUT2D eigenvalue weighted by Crippen LogP contribution is -2.15. The zero-order valence-electron chi connectivity index (χ0n) is 17.8. The van der Waals surface area contributed by atoms with Gasteiger partial charge in [-0.1, -0.05) is 32.9 Å². The molecule has 2 aromatic heterocycles.